The van der Waals surface area contributed by atoms with Gasteiger partial charge in [0.25, 0.3) is 0 Å². The number of anilines is 1. The van der Waals surface area contributed by atoms with Crippen molar-refractivity contribution in [3.63, 3.8) is 0 Å². The lowest BCUT2D eigenvalue weighted by atomic mass is 10.0. The van der Waals surface area contributed by atoms with Crippen LogP contribution in [0, 0.1) is 0 Å². The second-order valence-electron chi connectivity index (χ2n) is 6.82. The van der Waals surface area contributed by atoms with Crippen LogP contribution in [0.3, 0.4) is 0 Å². The number of hydrogen-bond acceptors (Lipinski definition) is 4. The number of likely N-dealkylation sites (N-methyl/N-ethyl adjacent to an activating group) is 1. The molecule has 3 rings (SSSR count). The summed E-state index contributed by atoms with van der Waals surface area (Å²) in [6.07, 6.45) is 2.39. The molecule has 1 N–H and O–H groups in total. The Labute approximate surface area is 171 Å². The van der Waals surface area contributed by atoms with Gasteiger partial charge in [-0.05, 0) is 43.8 Å². The number of nitrogens with zero attached hydrogens (tertiary/aromatic N) is 2. The quantitative estimate of drug-likeness (QED) is 0.575. The molecule has 0 saturated heterocycles. The molecular weight excluding hydrogens is 366 g/mol. The fourth-order valence-electron chi connectivity index (χ4n) is 2.84. The normalized spacial score (nSPS) is 12.0. The van der Waals surface area contributed by atoms with Gasteiger partial charge in [-0.2, -0.15) is 0 Å². The highest BCUT2D eigenvalue weighted by atomic mass is 32.2. The van der Waals surface area contributed by atoms with Gasteiger partial charge in [0.2, 0.25) is 5.91 Å². The number of aromatic nitrogens is 1. The fraction of sp³-hybridized carbons (Fsp3) is 0.217. The maximum absolute atomic E-state index is 12.8. The summed E-state index contributed by atoms with van der Waals surface area (Å²) in [5.74, 6) is 0.847. The molecule has 2 aromatic carbocycles. The minimum Gasteiger partial charge on any atom is -0.323 e. The lowest BCUT2D eigenvalue weighted by Gasteiger charge is -2.23. The van der Waals surface area contributed by atoms with Gasteiger partial charge in [0, 0.05) is 5.75 Å². The zero-order valence-corrected chi connectivity index (χ0v) is 17.0. The van der Waals surface area contributed by atoms with Crippen LogP contribution in [0.4, 0.5) is 5.69 Å². The van der Waals surface area contributed by atoms with Gasteiger partial charge in [0.05, 0.1) is 23.0 Å². The predicted octanol–water partition coefficient (Wildman–Crippen LogP) is 4.49. The van der Waals surface area contributed by atoms with E-state index in [0.29, 0.717) is 12.1 Å². The van der Waals surface area contributed by atoms with Crippen LogP contribution in [0.25, 0.3) is 0 Å². The Morgan fingerprint density at radius 2 is 1.61 bits per heavy atom. The summed E-state index contributed by atoms with van der Waals surface area (Å²) in [6.45, 7) is 0. The summed E-state index contributed by atoms with van der Waals surface area (Å²) in [5, 5.41) is 3.93. The van der Waals surface area contributed by atoms with Crippen LogP contribution in [0.2, 0.25) is 0 Å². The van der Waals surface area contributed by atoms with E-state index in [-0.39, 0.29) is 11.9 Å². The Morgan fingerprint density at radius 1 is 0.964 bits per heavy atom. The van der Waals surface area contributed by atoms with Crippen LogP contribution in [-0.2, 0) is 17.0 Å². The molecule has 1 atom stereocenters. The maximum Gasteiger partial charge on any atom is 0.242 e. The molecule has 0 aliphatic rings. The van der Waals surface area contributed by atoms with Crippen LogP contribution >= 0.6 is 11.8 Å². The van der Waals surface area contributed by atoms with Crippen molar-refractivity contribution in [2.75, 3.05) is 19.4 Å². The molecule has 0 aliphatic heterocycles. The minimum absolute atomic E-state index is 0.0275. The van der Waals surface area contributed by atoms with Crippen molar-refractivity contribution in [3.05, 3.63) is 90.1 Å². The van der Waals surface area contributed by atoms with Crippen molar-refractivity contribution < 1.29 is 4.79 Å². The van der Waals surface area contributed by atoms with E-state index in [0.717, 1.165) is 16.3 Å². The predicted molar refractivity (Wildman–Crippen MR) is 116 cm³/mol. The first-order valence-corrected chi connectivity index (χ1v) is 10.2. The fourth-order valence-corrected chi connectivity index (χ4v) is 3.64. The Morgan fingerprint density at radius 3 is 2.18 bits per heavy atom. The van der Waals surface area contributed by atoms with E-state index < -0.39 is 0 Å². The zero-order valence-electron chi connectivity index (χ0n) is 16.2. The topological polar surface area (TPSA) is 45.2 Å². The summed E-state index contributed by atoms with van der Waals surface area (Å²) < 4.78 is 0. The van der Waals surface area contributed by atoms with Crippen molar-refractivity contribution >= 4 is 23.4 Å². The largest absolute Gasteiger partial charge is 0.323 e. The number of carbonyl (C=O) groups excluding carboxylic acids is 1. The Bertz CT molecular complexity index is 867. The number of benzene rings is 2. The summed E-state index contributed by atoms with van der Waals surface area (Å²) in [4.78, 5) is 19.2. The molecule has 144 valence electrons. The zero-order chi connectivity index (χ0) is 19.8. The summed E-state index contributed by atoms with van der Waals surface area (Å²) in [6, 6.07) is 24.0. The van der Waals surface area contributed by atoms with Crippen molar-refractivity contribution in [1.29, 1.82) is 0 Å². The highest BCUT2D eigenvalue weighted by Gasteiger charge is 2.21. The van der Waals surface area contributed by atoms with Gasteiger partial charge in [0.15, 0.2) is 0 Å². The molecule has 0 bridgehead atoms. The van der Waals surface area contributed by atoms with E-state index in [2.05, 4.69) is 22.4 Å². The van der Waals surface area contributed by atoms with Crippen LogP contribution < -0.4 is 5.32 Å². The van der Waals surface area contributed by atoms with Gasteiger partial charge in [-0.3, -0.25) is 9.69 Å². The van der Waals surface area contributed by atoms with E-state index in [1.165, 1.54) is 5.56 Å². The molecule has 1 aromatic heterocycles. The van der Waals surface area contributed by atoms with Gasteiger partial charge < -0.3 is 5.32 Å². The lowest BCUT2D eigenvalue weighted by Crippen LogP contribution is -2.41. The molecule has 28 heavy (non-hydrogen) atoms. The highest BCUT2D eigenvalue weighted by Crippen LogP contribution is 2.22. The molecule has 4 nitrogen and oxygen atoms in total. The van der Waals surface area contributed by atoms with E-state index in [1.807, 2.05) is 79.7 Å². The summed E-state index contributed by atoms with van der Waals surface area (Å²) >= 11 is 1.68. The first-order valence-electron chi connectivity index (χ1n) is 9.26. The smallest absolute Gasteiger partial charge is 0.242 e. The molecular formula is C23H25N3OS. The third-order valence-electron chi connectivity index (χ3n) is 4.43. The first-order chi connectivity index (χ1) is 13.6. The molecule has 5 heteroatoms. The number of amides is 1. The van der Waals surface area contributed by atoms with Crippen molar-refractivity contribution in [1.82, 2.24) is 9.88 Å². The molecule has 0 radical (unpaired) electrons. The number of hydrogen-bond donors (Lipinski definition) is 1. The Kier molecular flexibility index (Phi) is 7.23. The summed E-state index contributed by atoms with van der Waals surface area (Å²) in [5.41, 5.74) is 3.12. The highest BCUT2D eigenvalue weighted by molar-refractivity contribution is 7.98. The standard InChI is InChI=1S/C23H25N3OS/c1-26(2)21(15-18-9-5-3-6-10-18)23(27)25-20-13-14-22(24-16-20)28-17-19-11-7-4-8-12-19/h3-14,16,21H,15,17H2,1-2H3,(H,25,27)/t21-/m0/s1. The molecule has 1 amide bonds. The molecule has 0 aliphatic carbocycles. The molecule has 3 aromatic rings. The van der Waals surface area contributed by atoms with Crippen LogP contribution in [0.15, 0.2) is 84.0 Å². The molecule has 0 spiro atoms. The molecule has 1 heterocycles. The number of carbonyl (C=O) groups is 1. The molecule has 0 unspecified atom stereocenters. The van der Waals surface area contributed by atoms with Crippen molar-refractivity contribution in [3.8, 4) is 0 Å². The maximum atomic E-state index is 12.8. The minimum atomic E-state index is -0.241. The molecule has 0 fully saturated rings. The Hall–Kier alpha value is -2.63. The van der Waals surface area contributed by atoms with E-state index in [9.17, 15) is 4.79 Å². The van der Waals surface area contributed by atoms with Crippen molar-refractivity contribution in [2.45, 2.75) is 23.2 Å². The average Bonchev–Trinajstić information content (AvgIpc) is 2.73. The monoisotopic (exact) mass is 391 g/mol. The van der Waals surface area contributed by atoms with Gasteiger partial charge >= 0.3 is 0 Å². The third-order valence-corrected chi connectivity index (χ3v) is 5.45. The second-order valence-corrected chi connectivity index (χ2v) is 7.81. The van der Waals surface area contributed by atoms with Gasteiger partial charge in [-0.15, -0.1) is 11.8 Å². The van der Waals surface area contributed by atoms with Gasteiger partial charge in [-0.1, -0.05) is 60.7 Å². The lowest BCUT2D eigenvalue weighted by molar-refractivity contribution is -0.120. The number of thioether (sulfide) groups is 1. The van der Waals surface area contributed by atoms with Crippen LogP contribution in [0.5, 0.6) is 0 Å². The van der Waals surface area contributed by atoms with E-state index in [4.69, 9.17) is 0 Å². The molecule has 0 saturated carbocycles. The first kappa shape index (κ1) is 20.1. The number of rotatable bonds is 8. The van der Waals surface area contributed by atoms with Crippen LogP contribution in [-0.4, -0.2) is 35.9 Å². The Balaban J connectivity index is 1.58. The number of nitrogens with one attached hydrogen (secondary N) is 1. The van der Waals surface area contributed by atoms with Crippen LogP contribution in [0.1, 0.15) is 11.1 Å². The number of pyridine rings is 1. The average molecular weight is 392 g/mol. The van der Waals surface area contributed by atoms with Gasteiger partial charge in [-0.25, -0.2) is 4.98 Å². The van der Waals surface area contributed by atoms with Crippen molar-refractivity contribution in [2.24, 2.45) is 0 Å². The summed E-state index contributed by atoms with van der Waals surface area (Å²) in [7, 11) is 3.85. The SMILES string of the molecule is CN(C)[C@@H](Cc1ccccc1)C(=O)Nc1ccc(SCc2ccccc2)nc1. The second kappa shape index (κ2) is 10.1. The van der Waals surface area contributed by atoms with E-state index in [1.54, 1.807) is 18.0 Å². The third kappa shape index (κ3) is 5.94. The van der Waals surface area contributed by atoms with E-state index >= 15 is 0 Å². The van der Waals surface area contributed by atoms with Gasteiger partial charge in [0.1, 0.15) is 0 Å².